The topological polar surface area (TPSA) is 98.8 Å². The Morgan fingerprint density at radius 1 is 0.719 bits per heavy atom. The van der Waals surface area contributed by atoms with E-state index in [2.05, 4.69) is 0 Å². The second-order valence-electron chi connectivity index (χ2n) is 9.73. The highest BCUT2D eigenvalue weighted by Crippen LogP contribution is 2.48. The molecule has 0 aromatic heterocycles. The van der Waals surface area contributed by atoms with Gasteiger partial charge in [-0.25, -0.2) is 0 Å². The fourth-order valence-electron chi connectivity index (χ4n) is 5.92. The molecule has 3 saturated heterocycles. The van der Waals surface area contributed by atoms with E-state index in [0.717, 1.165) is 57.8 Å². The number of ether oxygens (including phenoxy) is 7. The summed E-state index contributed by atoms with van der Waals surface area (Å²) in [5.41, 5.74) is 0. The molecule has 2 saturated carbocycles. The van der Waals surface area contributed by atoms with Crippen LogP contribution in [0, 0.1) is 0 Å². The number of hydrogen-bond donors (Lipinski definition) is 0. The summed E-state index contributed by atoms with van der Waals surface area (Å²) in [6.45, 7) is 2.99. The van der Waals surface area contributed by atoms with Crippen LogP contribution in [0.25, 0.3) is 0 Å². The van der Waals surface area contributed by atoms with E-state index in [1.165, 1.54) is 20.3 Å². The van der Waals surface area contributed by atoms with Gasteiger partial charge in [-0.3, -0.25) is 9.59 Å². The standard InChI is InChI=1S/C23H34O9/c1-14(24)27-20-19-18(31-23(32-19)11-7-4-8-12-23)17(29-21(20)28-15(2)25)16-13-26-22(30-16)9-5-3-6-10-22/h16-21H,3-13H2,1-2H3/t16-,17?,18+,19+,20+,21+/m0/s1. The van der Waals surface area contributed by atoms with Gasteiger partial charge in [0.2, 0.25) is 6.29 Å². The Balaban J connectivity index is 1.42. The fraction of sp³-hybridized carbons (Fsp3) is 0.913. The zero-order chi connectivity index (χ0) is 22.3. The van der Waals surface area contributed by atoms with Crippen molar-refractivity contribution in [1.82, 2.24) is 0 Å². The Kier molecular flexibility index (Phi) is 6.22. The number of esters is 2. The van der Waals surface area contributed by atoms with Crippen LogP contribution in [0.3, 0.4) is 0 Å². The minimum atomic E-state index is -1.10. The maximum absolute atomic E-state index is 11.9. The van der Waals surface area contributed by atoms with E-state index < -0.39 is 54.2 Å². The molecular weight excluding hydrogens is 420 g/mol. The van der Waals surface area contributed by atoms with Crippen molar-refractivity contribution in [2.75, 3.05) is 6.61 Å². The first kappa shape index (κ1) is 22.5. The molecule has 1 unspecified atom stereocenters. The van der Waals surface area contributed by atoms with E-state index in [1.807, 2.05) is 0 Å². The monoisotopic (exact) mass is 454 g/mol. The molecule has 9 nitrogen and oxygen atoms in total. The normalized spacial score (nSPS) is 40.2. The molecule has 2 spiro atoms. The summed E-state index contributed by atoms with van der Waals surface area (Å²) in [6.07, 6.45) is 5.60. The third-order valence-corrected chi connectivity index (χ3v) is 7.29. The van der Waals surface area contributed by atoms with Crippen molar-refractivity contribution < 1.29 is 42.7 Å². The molecule has 5 rings (SSSR count). The van der Waals surface area contributed by atoms with Crippen LogP contribution in [-0.2, 0) is 42.7 Å². The third-order valence-electron chi connectivity index (χ3n) is 7.29. The molecule has 6 atom stereocenters. The Hall–Kier alpha value is -1.26. The summed E-state index contributed by atoms with van der Waals surface area (Å²) in [5, 5.41) is 0. The molecule has 0 N–H and O–H groups in total. The van der Waals surface area contributed by atoms with Crippen LogP contribution < -0.4 is 0 Å². The van der Waals surface area contributed by atoms with Crippen LogP contribution in [0.4, 0.5) is 0 Å². The molecule has 3 heterocycles. The predicted octanol–water partition coefficient (Wildman–Crippen LogP) is 2.73. The van der Waals surface area contributed by atoms with Crippen LogP contribution in [0.2, 0.25) is 0 Å². The van der Waals surface area contributed by atoms with Gasteiger partial charge in [-0.2, -0.15) is 0 Å². The molecule has 3 aliphatic heterocycles. The van der Waals surface area contributed by atoms with E-state index >= 15 is 0 Å². The molecule has 0 amide bonds. The summed E-state index contributed by atoms with van der Waals surface area (Å²) >= 11 is 0. The van der Waals surface area contributed by atoms with Crippen molar-refractivity contribution in [3.05, 3.63) is 0 Å². The highest BCUT2D eigenvalue weighted by molar-refractivity contribution is 5.67. The van der Waals surface area contributed by atoms with Crippen LogP contribution in [0.5, 0.6) is 0 Å². The summed E-state index contributed by atoms with van der Waals surface area (Å²) in [6, 6.07) is 0. The van der Waals surface area contributed by atoms with Crippen LogP contribution >= 0.6 is 0 Å². The van der Waals surface area contributed by atoms with Gasteiger partial charge in [0.1, 0.15) is 24.4 Å². The van der Waals surface area contributed by atoms with E-state index in [9.17, 15) is 9.59 Å². The van der Waals surface area contributed by atoms with E-state index in [4.69, 9.17) is 33.2 Å². The smallest absolute Gasteiger partial charge is 0.305 e. The number of fused-ring (bicyclic) bond motifs is 1. The predicted molar refractivity (Wildman–Crippen MR) is 108 cm³/mol. The van der Waals surface area contributed by atoms with Gasteiger partial charge in [0.25, 0.3) is 0 Å². The summed E-state index contributed by atoms with van der Waals surface area (Å²) < 4.78 is 42.9. The lowest BCUT2D eigenvalue weighted by Gasteiger charge is -2.42. The molecule has 5 fully saturated rings. The van der Waals surface area contributed by atoms with Gasteiger partial charge in [0.05, 0.1) is 6.61 Å². The van der Waals surface area contributed by atoms with Crippen molar-refractivity contribution in [1.29, 1.82) is 0 Å². The van der Waals surface area contributed by atoms with E-state index in [1.54, 1.807) is 0 Å². The number of rotatable bonds is 3. The molecule has 0 radical (unpaired) electrons. The lowest BCUT2D eigenvalue weighted by atomic mass is 9.93. The van der Waals surface area contributed by atoms with Crippen molar-refractivity contribution in [3.8, 4) is 0 Å². The first-order valence-corrected chi connectivity index (χ1v) is 12.1. The van der Waals surface area contributed by atoms with Crippen LogP contribution in [-0.4, -0.2) is 66.9 Å². The zero-order valence-electron chi connectivity index (χ0n) is 18.9. The SMILES string of the molecule is CC(=O)O[C@@H]1OC([C@@H]2COC3(CCCCC3)O2)[C@H]2OC3(CCCCC3)O[C@H]2[C@H]1OC(C)=O. The molecule has 32 heavy (non-hydrogen) atoms. The molecule has 0 aromatic rings. The second kappa shape index (κ2) is 8.83. The molecule has 0 aromatic carbocycles. The average molecular weight is 455 g/mol. The Morgan fingerprint density at radius 3 is 1.94 bits per heavy atom. The van der Waals surface area contributed by atoms with Gasteiger partial charge in [0.15, 0.2) is 17.7 Å². The first-order valence-electron chi connectivity index (χ1n) is 12.1. The van der Waals surface area contributed by atoms with Crippen molar-refractivity contribution in [3.63, 3.8) is 0 Å². The average Bonchev–Trinajstić information content (AvgIpc) is 3.32. The van der Waals surface area contributed by atoms with Gasteiger partial charge in [0, 0.05) is 39.5 Å². The van der Waals surface area contributed by atoms with Gasteiger partial charge in [-0.1, -0.05) is 12.8 Å². The molecular formula is C23H34O9. The Morgan fingerprint density at radius 2 is 1.31 bits per heavy atom. The van der Waals surface area contributed by atoms with Crippen molar-refractivity contribution >= 4 is 11.9 Å². The molecule has 0 bridgehead atoms. The van der Waals surface area contributed by atoms with Gasteiger partial charge in [-0.05, 0) is 25.7 Å². The number of carbonyl (C=O) groups excluding carboxylic acids is 2. The maximum atomic E-state index is 11.9. The maximum Gasteiger partial charge on any atom is 0.305 e. The molecule has 180 valence electrons. The highest BCUT2D eigenvalue weighted by Gasteiger charge is 2.63. The summed E-state index contributed by atoms with van der Waals surface area (Å²) in [7, 11) is 0. The minimum absolute atomic E-state index is 0.370. The lowest BCUT2D eigenvalue weighted by Crippen LogP contribution is -2.61. The lowest BCUT2D eigenvalue weighted by molar-refractivity contribution is -0.292. The van der Waals surface area contributed by atoms with Crippen molar-refractivity contribution in [2.45, 2.75) is 126 Å². The van der Waals surface area contributed by atoms with Crippen LogP contribution in [0.15, 0.2) is 0 Å². The molecule has 9 heteroatoms. The summed E-state index contributed by atoms with van der Waals surface area (Å²) in [4.78, 5) is 23.7. The minimum Gasteiger partial charge on any atom is -0.453 e. The van der Waals surface area contributed by atoms with Crippen molar-refractivity contribution in [2.24, 2.45) is 0 Å². The zero-order valence-corrected chi connectivity index (χ0v) is 18.9. The molecule has 2 aliphatic carbocycles. The van der Waals surface area contributed by atoms with Crippen LogP contribution in [0.1, 0.15) is 78.1 Å². The fourth-order valence-corrected chi connectivity index (χ4v) is 5.92. The van der Waals surface area contributed by atoms with E-state index in [0.29, 0.717) is 6.61 Å². The van der Waals surface area contributed by atoms with Gasteiger partial charge in [-0.15, -0.1) is 0 Å². The number of hydrogen-bond acceptors (Lipinski definition) is 9. The largest absolute Gasteiger partial charge is 0.453 e. The molecule has 5 aliphatic rings. The first-order chi connectivity index (χ1) is 15.4. The second-order valence-corrected chi connectivity index (χ2v) is 9.73. The highest BCUT2D eigenvalue weighted by atomic mass is 16.8. The summed E-state index contributed by atoms with van der Waals surface area (Å²) in [5.74, 6) is -2.33. The Labute approximate surface area is 188 Å². The van der Waals surface area contributed by atoms with Gasteiger partial charge >= 0.3 is 11.9 Å². The Bertz CT molecular complexity index is 712. The van der Waals surface area contributed by atoms with Gasteiger partial charge < -0.3 is 33.2 Å². The van der Waals surface area contributed by atoms with E-state index in [-0.39, 0.29) is 6.10 Å². The number of carbonyl (C=O) groups is 2. The quantitative estimate of drug-likeness (QED) is 0.596. The third kappa shape index (κ3) is 4.30.